The van der Waals surface area contributed by atoms with E-state index in [4.69, 9.17) is 0 Å². The molecule has 2 aromatic heterocycles. The van der Waals surface area contributed by atoms with Crippen molar-refractivity contribution >= 4 is 5.78 Å². The van der Waals surface area contributed by atoms with Gasteiger partial charge in [-0.25, -0.2) is 9.97 Å². The summed E-state index contributed by atoms with van der Waals surface area (Å²) in [6.45, 7) is 10.3. The second kappa shape index (κ2) is 7.17. The average Bonchev–Trinajstić information content (AvgIpc) is 3.05. The molecule has 1 saturated heterocycles. The summed E-state index contributed by atoms with van der Waals surface area (Å²) in [6, 6.07) is 11.6. The number of nitrogens with one attached hydrogen (secondary N) is 1. The van der Waals surface area contributed by atoms with Gasteiger partial charge in [0.15, 0.2) is 0 Å². The van der Waals surface area contributed by atoms with Crippen LogP contribution in [0.1, 0.15) is 41.2 Å². The number of rotatable bonds is 4. The number of hydrogen-bond donors (Lipinski definition) is 1. The van der Waals surface area contributed by atoms with E-state index in [0.29, 0.717) is 6.04 Å². The number of fused-ring (bicyclic) bond motifs is 1. The van der Waals surface area contributed by atoms with Crippen molar-refractivity contribution in [1.82, 2.24) is 24.6 Å². The first-order chi connectivity index (χ1) is 12.7. The normalized spacial score (nSPS) is 18.5. The highest BCUT2D eigenvalue weighted by atomic mass is 15.2. The fourth-order valence-corrected chi connectivity index (χ4v) is 3.96. The topological polar surface area (TPSA) is 45.5 Å². The number of nitrogens with zero attached hydrogens (tertiary/aromatic N) is 4. The molecule has 5 heteroatoms. The fraction of sp³-hybridized carbons (Fsp3) is 0.429. The summed E-state index contributed by atoms with van der Waals surface area (Å²) < 4.78 is 2.19. The molecule has 4 rings (SSSR count). The Morgan fingerprint density at radius 1 is 1.19 bits per heavy atom. The maximum atomic E-state index is 4.57. The Labute approximate surface area is 155 Å². The zero-order valence-corrected chi connectivity index (χ0v) is 15.9. The van der Waals surface area contributed by atoms with Gasteiger partial charge in [0.05, 0.1) is 11.9 Å². The van der Waals surface area contributed by atoms with E-state index in [0.717, 1.165) is 44.1 Å². The van der Waals surface area contributed by atoms with Crippen molar-refractivity contribution in [2.75, 3.05) is 19.6 Å². The molecule has 1 fully saturated rings. The second-order valence-corrected chi connectivity index (χ2v) is 7.21. The van der Waals surface area contributed by atoms with Gasteiger partial charge in [-0.05, 0) is 37.5 Å². The lowest BCUT2D eigenvalue weighted by molar-refractivity contribution is 0.151. The molecule has 0 saturated carbocycles. The first-order valence-electron chi connectivity index (χ1n) is 9.50. The van der Waals surface area contributed by atoms with E-state index in [-0.39, 0.29) is 0 Å². The molecular formula is C21H27N5. The molecule has 0 aliphatic carbocycles. The number of benzene rings is 1. The minimum absolute atomic E-state index is 0.388. The van der Waals surface area contributed by atoms with Crippen molar-refractivity contribution in [3.05, 3.63) is 64.7 Å². The summed E-state index contributed by atoms with van der Waals surface area (Å²) in [4.78, 5) is 11.7. The highest BCUT2D eigenvalue weighted by Gasteiger charge is 2.25. The van der Waals surface area contributed by atoms with Crippen LogP contribution in [-0.4, -0.2) is 38.9 Å². The number of aromatic nitrogens is 3. The van der Waals surface area contributed by atoms with Crippen LogP contribution in [0.4, 0.5) is 0 Å². The van der Waals surface area contributed by atoms with Crippen molar-refractivity contribution in [3.63, 3.8) is 0 Å². The molecule has 0 radical (unpaired) electrons. The highest BCUT2D eigenvalue weighted by molar-refractivity contribution is 5.35. The lowest BCUT2D eigenvalue weighted by atomic mass is 10.0. The zero-order chi connectivity index (χ0) is 18.1. The van der Waals surface area contributed by atoms with Crippen LogP contribution < -0.4 is 5.32 Å². The summed E-state index contributed by atoms with van der Waals surface area (Å²) >= 11 is 0. The number of hydrogen-bond acceptors (Lipinski definition) is 4. The van der Waals surface area contributed by atoms with E-state index in [1.54, 1.807) is 0 Å². The second-order valence-electron chi connectivity index (χ2n) is 7.21. The van der Waals surface area contributed by atoms with E-state index >= 15 is 0 Å². The van der Waals surface area contributed by atoms with Gasteiger partial charge in [0.25, 0.3) is 0 Å². The fourth-order valence-electron chi connectivity index (χ4n) is 3.96. The molecule has 0 amide bonds. The Kier molecular flexibility index (Phi) is 4.74. The maximum absolute atomic E-state index is 4.57. The van der Waals surface area contributed by atoms with Gasteiger partial charge in [-0.15, -0.1) is 0 Å². The van der Waals surface area contributed by atoms with Crippen LogP contribution in [-0.2, 0) is 13.0 Å². The third-order valence-corrected chi connectivity index (χ3v) is 5.36. The standard InChI is InChI=1S/C21H27N5/c1-4-17-5-7-18(8-6-17)20-13-22-9-10-25(20)14-19-12-23-21-24-15(2)11-16(3)26(19)21/h5-8,11-12,20,22H,4,9-10,13-14H2,1-3H3. The molecular weight excluding hydrogens is 322 g/mol. The molecule has 1 N–H and O–H groups in total. The number of aryl methyl sites for hydroxylation is 3. The minimum atomic E-state index is 0.388. The van der Waals surface area contributed by atoms with E-state index in [9.17, 15) is 0 Å². The first kappa shape index (κ1) is 17.2. The Morgan fingerprint density at radius 2 is 2.00 bits per heavy atom. The molecule has 1 atom stereocenters. The molecule has 136 valence electrons. The Balaban J connectivity index is 1.63. The number of imidazole rings is 1. The highest BCUT2D eigenvalue weighted by Crippen LogP contribution is 2.25. The summed E-state index contributed by atoms with van der Waals surface area (Å²) in [5.74, 6) is 0.802. The first-order valence-corrected chi connectivity index (χ1v) is 9.50. The average molecular weight is 349 g/mol. The Hall–Kier alpha value is -2.24. The van der Waals surface area contributed by atoms with Gasteiger partial charge in [0.1, 0.15) is 0 Å². The lowest BCUT2D eigenvalue weighted by Crippen LogP contribution is -2.45. The van der Waals surface area contributed by atoms with Crippen LogP contribution >= 0.6 is 0 Å². The molecule has 1 unspecified atom stereocenters. The molecule has 1 aliphatic rings. The quantitative estimate of drug-likeness (QED) is 0.786. The van der Waals surface area contributed by atoms with Crippen molar-refractivity contribution in [2.45, 2.75) is 39.8 Å². The Bertz CT molecular complexity index is 897. The van der Waals surface area contributed by atoms with E-state index in [2.05, 4.69) is 68.8 Å². The maximum Gasteiger partial charge on any atom is 0.234 e. The number of piperazine rings is 1. The largest absolute Gasteiger partial charge is 0.314 e. The summed E-state index contributed by atoms with van der Waals surface area (Å²) in [5, 5.41) is 3.55. The van der Waals surface area contributed by atoms with Gasteiger partial charge in [0.2, 0.25) is 5.78 Å². The smallest absolute Gasteiger partial charge is 0.234 e. The van der Waals surface area contributed by atoms with Crippen LogP contribution in [0.15, 0.2) is 36.5 Å². The van der Waals surface area contributed by atoms with Crippen LogP contribution in [0.3, 0.4) is 0 Å². The van der Waals surface area contributed by atoms with E-state index in [1.165, 1.54) is 22.5 Å². The molecule has 0 bridgehead atoms. The summed E-state index contributed by atoms with van der Waals surface area (Å²) in [5.41, 5.74) is 6.20. The molecule has 5 nitrogen and oxygen atoms in total. The van der Waals surface area contributed by atoms with Crippen molar-refractivity contribution < 1.29 is 0 Å². The molecule has 3 heterocycles. The van der Waals surface area contributed by atoms with Crippen LogP contribution in [0.2, 0.25) is 0 Å². The van der Waals surface area contributed by atoms with Crippen LogP contribution in [0, 0.1) is 13.8 Å². The molecule has 1 aliphatic heterocycles. The van der Waals surface area contributed by atoms with Gasteiger partial charge >= 0.3 is 0 Å². The van der Waals surface area contributed by atoms with Gasteiger partial charge < -0.3 is 5.32 Å². The summed E-state index contributed by atoms with van der Waals surface area (Å²) in [6.07, 6.45) is 3.06. The predicted molar refractivity (Wildman–Crippen MR) is 104 cm³/mol. The molecule has 3 aromatic rings. The van der Waals surface area contributed by atoms with Crippen LogP contribution in [0.5, 0.6) is 0 Å². The van der Waals surface area contributed by atoms with E-state index in [1.807, 2.05) is 13.1 Å². The van der Waals surface area contributed by atoms with Gasteiger partial charge in [-0.3, -0.25) is 9.30 Å². The van der Waals surface area contributed by atoms with Crippen molar-refractivity contribution in [1.29, 1.82) is 0 Å². The van der Waals surface area contributed by atoms with Crippen LogP contribution in [0.25, 0.3) is 5.78 Å². The van der Waals surface area contributed by atoms with Gasteiger partial charge in [-0.2, -0.15) is 0 Å². The van der Waals surface area contributed by atoms with Crippen molar-refractivity contribution in [2.24, 2.45) is 0 Å². The minimum Gasteiger partial charge on any atom is -0.314 e. The third-order valence-electron chi connectivity index (χ3n) is 5.36. The SMILES string of the molecule is CCc1ccc(C2CNCCN2Cc2cnc3nc(C)cc(C)n23)cc1. The lowest BCUT2D eigenvalue weighted by Gasteiger charge is -2.36. The van der Waals surface area contributed by atoms with Gasteiger partial charge in [-0.1, -0.05) is 31.2 Å². The van der Waals surface area contributed by atoms with Gasteiger partial charge in [0, 0.05) is 43.6 Å². The predicted octanol–water partition coefficient (Wildman–Crippen LogP) is 3.06. The zero-order valence-electron chi connectivity index (χ0n) is 15.9. The molecule has 0 spiro atoms. The van der Waals surface area contributed by atoms with Crippen molar-refractivity contribution in [3.8, 4) is 0 Å². The third kappa shape index (κ3) is 3.24. The molecule has 26 heavy (non-hydrogen) atoms. The summed E-state index contributed by atoms with van der Waals surface area (Å²) in [7, 11) is 0. The Morgan fingerprint density at radius 3 is 2.77 bits per heavy atom. The molecule has 1 aromatic carbocycles. The van der Waals surface area contributed by atoms with E-state index < -0.39 is 0 Å². The monoisotopic (exact) mass is 349 g/mol.